The van der Waals surface area contributed by atoms with Crippen LogP contribution < -0.4 is 10.2 Å². The van der Waals surface area contributed by atoms with Crippen molar-refractivity contribution in [3.63, 3.8) is 0 Å². The van der Waals surface area contributed by atoms with E-state index in [1.54, 1.807) is 0 Å². The number of nitrogens with one attached hydrogen (secondary N) is 1. The summed E-state index contributed by atoms with van der Waals surface area (Å²) in [5.41, 5.74) is 2.96. The second-order valence-electron chi connectivity index (χ2n) is 4.82. The van der Waals surface area contributed by atoms with E-state index in [0.717, 1.165) is 13.1 Å². The summed E-state index contributed by atoms with van der Waals surface area (Å²) in [6.07, 6.45) is 1.22. The highest BCUT2D eigenvalue weighted by Crippen LogP contribution is 2.26. The van der Waals surface area contributed by atoms with Crippen molar-refractivity contribution in [1.82, 2.24) is 5.32 Å². The minimum Gasteiger partial charge on any atom is -0.370 e. The zero-order valence-corrected chi connectivity index (χ0v) is 9.88. The van der Waals surface area contributed by atoms with E-state index in [1.807, 2.05) is 0 Å². The predicted molar refractivity (Wildman–Crippen MR) is 65.5 cm³/mol. The SMILES string of the molecule is CNC1(C)CCN(c2ccc(C)cc2)C1. The van der Waals surface area contributed by atoms with E-state index < -0.39 is 0 Å². The number of likely N-dealkylation sites (N-methyl/N-ethyl adjacent to an activating group) is 1. The van der Waals surface area contributed by atoms with Gasteiger partial charge in [0.15, 0.2) is 0 Å². The summed E-state index contributed by atoms with van der Waals surface area (Å²) in [4.78, 5) is 2.45. The average molecular weight is 204 g/mol. The smallest absolute Gasteiger partial charge is 0.0367 e. The van der Waals surface area contributed by atoms with Gasteiger partial charge in [0, 0.05) is 24.3 Å². The Morgan fingerprint density at radius 3 is 2.47 bits per heavy atom. The van der Waals surface area contributed by atoms with Crippen LogP contribution in [0.15, 0.2) is 24.3 Å². The molecule has 1 aliphatic rings. The summed E-state index contributed by atoms with van der Waals surface area (Å²) >= 11 is 0. The van der Waals surface area contributed by atoms with Crippen molar-refractivity contribution >= 4 is 5.69 Å². The normalized spacial score (nSPS) is 25.9. The van der Waals surface area contributed by atoms with E-state index in [0.29, 0.717) is 0 Å². The molecule has 1 N–H and O–H groups in total. The third-order valence-corrected chi connectivity index (χ3v) is 3.48. The molecule has 0 radical (unpaired) electrons. The van der Waals surface area contributed by atoms with Gasteiger partial charge in [-0.3, -0.25) is 0 Å². The molecular formula is C13H20N2. The fraction of sp³-hybridized carbons (Fsp3) is 0.538. The van der Waals surface area contributed by atoms with E-state index in [2.05, 4.69) is 55.4 Å². The topological polar surface area (TPSA) is 15.3 Å². The van der Waals surface area contributed by atoms with E-state index in [9.17, 15) is 0 Å². The monoisotopic (exact) mass is 204 g/mol. The van der Waals surface area contributed by atoms with Crippen LogP contribution in [0.4, 0.5) is 5.69 Å². The maximum Gasteiger partial charge on any atom is 0.0367 e. The minimum absolute atomic E-state index is 0.283. The predicted octanol–water partition coefficient (Wildman–Crippen LogP) is 2.18. The van der Waals surface area contributed by atoms with Gasteiger partial charge in [-0.05, 0) is 39.4 Å². The summed E-state index contributed by atoms with van der Waals surface area (Å²) in [6.45, 7) is 6.68. The van der Waals surface area contributed by atoms with E-state index in [4.69, 9.17) is 0 Å². The number of hydrogen-bond acceptors (Lipinski definition) is 2. The molecule has 82 valence electrons. The fourth-order valence-corrected chi connectivity index (χ4v) is 2.14. The Kier molecular flexibility index (Phi) is 2.70. The van der Waals surface area contributed by atoms with Crippen LogP contribution in [0.1, 0.15) is 18.9 Å². The van der Waals surface area contributed by atoms with Gasteiger partial charge in [0.05, 0.1) is 0 Å². The Morgan fingerprint density at radius 1 is 1.27 bits per heavy atom. The zero-order valence-electron chi connectivity index (χ0n) is 9.88. The summed E-state index contributed by atoms with van der Waals surface area (Å²) in [6, 6.07) is 8.81. The van der Waals surface area contributed by atoms with Gasteiger partial charge >= 0.3 is 0 Å². The second-order valence-corrected chi connectivity index (χ2v) is 4.82. The number of nitrogens with zero attached hydrogens (tertiary/aromatic N) is 1. The Morgan fingerprint density at radius 2 is 1.93 bits per heavy atom. The number of anilines is 1. The molecule has 1 heterocycles. The molecule has 0 aliphatic carbocycles. The van der Waals surface area contributed by atoms with Gasteiger partial charge in [-0.15, -0.1) is 0 Å². The standard InChI is InChI=1S/C13H20N2/c1-11-4-6-12(7-5-11)15-9-8-13(2,10-15)14-3/h4-7,14H,8-10H2,1-3H3. The maximum atomic E-state index is 3.41. The first-order chi connectivity index (χ1) is 7.13. The van der Waals surface area contributed by atoms with Crippen molar-refractivity contribution in [2.24, 2.45) is 0 Å². The average Bonchev–Trinajstić information content (AvgIpc) is 2.63. The molecule has 2 heteroatoms. The van der Waals surface area contributed by atoms with Crippen LogP contribution in [0.2, 0.25) is 0 Å². The maximum absolute atomic E-state index is 3.41. The molecule has 0 amide bonds. The van der Waals surface area contributed by atoms with E-state index >= 15 is 0 Å². The molecule has 2 rings (SSSR count). The first kappa shape index (κ1) is 10.5. The number of rotatable bonds is 2. The molecule has 1 aromatic carbocycles. The van der Waals surface area contributed by atoms with Gasteiger partial charge in [-0.2, -0.15) is 0 Å². The van der Waals surface area contributed by atoms with Crippen molar-refractivity contribution in [2.75, 3.05) is 25.0 Å². The van der Waals surface area contributed by atoms with Gasteiger partial charge in [0.1, 0.15) is 0 Å². The van der Waals surface area contributed by atoms with Crippen LogP contribution in [0.3, 0.4) is 0 Å². The zero-order chi connectivity index (χ0) is 10.9. The molecule has 0 bridgehead atoms. The largest absolute Gasteiger partial charge is 0.370 e. The summed E-state index contributed by atoms with van der Waals surface area (Å²) in [5.74, 6) is 0. The molecule has 15 heavy (non-hydrogen) atoms. The number of hydrogen-bond donors (Lipinski definition) is 1. The molecule has 1 fully saturated rings. The van der Waals surface area contributed by atoms with Crippen molar-refractivity contribution in [2.45, 2.75) is 25.8 Å². The third-order valence-electron chi connectivity index (χ3n) is 3.48. The molecule has 1 unspecified atom stereocenters. The highest BCUT2D eigenvalue weighted by Gasteiger charge is 2.31. The molecular weight excluding hydrogens is 184 g/mol. The first-order valence-electron chi connectivity index (χ1n) is 5.63. The van der Waals surface area contributed by atoms with Gasteiger partial charge in [-0.25, -0.2) is 0 Å². The van der Waals surface area contributed by atoms with Crippen LogP contribution in [0.5, 0.6) is 0 Å². The molecule has 1 atom stereocenters. The van der Waals surface area contributed by atoms with Crippen LogP contribution in [-0.2, 0) is 0 Å². The summed E-state index contributed by atoms with van der Waals surface area (Å²) in [7, 11) is 2.05. The lowest BCUT2D eigenvalue weighted by Crippen LogP contribution is -2.42. The minimum atomic E-state index is 0.283. The van der Waals surface area contributed by atoms with Crippen LogP contribution >= 0.6 is 0 Å². The molecule has 0 saturated carbocycles. The lowest BCUT2D eigenvalue weighted by atomic mass is 10.0. The quantitative estimate of drug-likeness (QED) is 0.794. The third kappa shape index (κ3) is 2.15. The molecule has 0 aromatic heterocycles. The van der Waals surface area contributed by atoms with Gasteiger partial charge in [0.2, 0.25) is 0 Å². The van der Waals surface area contributed by atoms with E-state index in [-0.39, 0.29) is 5.54 Å². The number of benzene rings is 1. The lowest BCUT2D eigenvalue weighted by molar-refractivity contribution is 0.428. The molecule has 1 aliphatic heterocycles. The molecule has 1 saturated heterocycles. The highest BCUT2D eigenvalue weighted by atomic mass is 15.2. The Bertz CT molecular complexity index is 331. The van der Waals surface area contributed by atoms with Crippen LogP contribution in [-0.4, -0.2) is 25.7 Å². The van der Waals surface area contributed by atoms with Crippen molar-refractivity contribution in [3.05, 3.63) is 29.8 Å². The summed E-state index contributed by atoms with van der Waals surface area (Å²) in [5, 5.41) is 3.41. The Hall–Kier alpha value is -1.02. The molecule has 1 aromatic rings. The molecule has 0 spiro atoms. The Balaban J connectivity index is 2.11. The lowest BCUT2D eigenvalue weighted by Gasteiger charge is -2.25. The fourth-order valence-electron chi connectivity index (χ4n) is 2.14. The highest BCUT2D eigenvalue weighted by molar-refractivity contribution is 5.49. The van der Waals surface area contributed by atoms with E-state index in [1.165, 1.54) is 17.7 Å². The van der Waals surface area contributed by atoms with Gasteiger partial charge < -0.3 is 10.2 Å². The second kappa shape index (κ2) is 3.86. The van der Waals surface area contributed by atoms with Crippen molar-refractivity contribution in [3.8, 4) is 0 Å². The van der Waals surface area contributed by atoms with Crippen LogP contribution in [0, 0.1) is 6.92 Å². The van der Waals surface area contributed by atoms with Gasteiger partial charge in [-0.1, -0.05) is 17.7 Å². The number of aryl methyl sites for hydroxylation is 1. The van der Waals surface area contributed by atoms with Crippen molar-refractivity contribution in [1.29, 1.82) is 0 Å². The molecule has 2 nitrogen and oxygen atoms in total. The Labute approximate surface area is 92.3 Å². The van der Waals surface area contributed by atoms with Crippen molar-refractivity contribution < 1.29 is 0 Å². The summed E-state index contributed by atoms with van der Waals surface area (Å²) < 4.78 is 0. The first-order valence-corrected chi connectivity index (χ1v) is 5.63. The van der Waals surface area contributed by atoms with Crippen LogP contribution in [0.25, 0.3) is 0 Å². The van der Waals surface area contributed by atoms with Gasteiger partial charge in [0.25, 0.3) is 0 Å².